The lowest BCUT2D eigenvalue weighted by Crippen LogP contribution is -2.25. The molecule has 1 heterocycles. The predicted octanol–water partition coefficient (Wildman–Crippen LogP) is 2.85. The number of benzene rings is 2. The summed E-state index contributed by atoms with van der Waals surface area (Å²) >= 11 is 0. The van der Waals surface area contributed by atoms with Crippen molar-refractivity contribution in [2.75, 3.05) is 0 Å². The standard InChI is InChI=1S/C16H11F4N5O3/c1-9-6-10(2-5-13(9)25(27)28)8-23-15(26)24(22-21-23)14-7-11(16(18,19)20)3-4-12(14)17/h2-7H,8H2,1H3. The average molecular weight is 397 g/mol. The van der Waals surface area contributed by atoms with Crippen LogP contribution in [0, 0.1) is 22.9 Å². The first-order valence-electron chi connectivity index (χ1n) is 7.72. The van der Waals surface area contributed by atoms with Gasteiger partial charge in [-0.2, -0.15) is 22.5 Å². The van der Waals surface area contributed by atoms with Gasteiger partial charge in [0, 0.05) is 11.6 Å². The minimum absolute atomic E-state index is 0.106. The summed E-state index contributed by atoms with van der Waals surface area (Å²) in [4.78, 5) is 22.7. The van der Waals surface area contributed by atoms with Gasteiger partial charge in [-0.1, -0.05) is 6.07 Å². The zero-order valence-electron chi connectivity index (χ0n) is 14.1. The topological polar surface area (TPSA) is 95.8 Å². The Bertz CT molecular complexity index is 1120. The van der Waals surface area contributed by atoms with Crippen molar-refractivity contribution in [3.05, 3.63) is 79.5 Å². The molecule has 3 aromatic rings. The van der Waals surface area contributed by atoms with Gasteiger partial charge in [0.05, 0.1) is 17.0 Å². The Hall–Kier alpha value is -3.57. The first-order valence-corrected chi connectivity index (χ1v) is 7.72. The fourth-order valence-electron chi connectivity index (χ4n) is 2.57. The van der Waals surface area contributed by atoms with E-state index in [1.165, 1.54) is 25.1 Å². The van der Waals surface area contributed by atoms with E-state index >= 15 is 0 Å². The largest absolute Gasteiger partial charge is 0.416 e. The zero-order chi connectivity index (χ0) is 20.6. The molecule has 12 heteroatoms. The SMILES string of the molecule is Cc1cc(Cn2nnn(-c3cc(C(F)(F)F)ccc3F)c2=O)ccc1[N+](=O)[O-]. The summed E-state index contributed by atoms with van der Waals surface area (Å²) in [5.74, 6) is -1.08. The monoisotopic (exact) mass is 397 g/mol. The Morgan fingerprint density at radius 1 is 1.14 bits per heavy atom. The number of nitro groups is 1. The molecule has 0 saturated carbocycles. The van der Waals surface area contributed by atoms with Crippen molar-refractivity contribution in [3.63, 3.8) is 0 Å². The maximum Gasteiger partial charge on any atom is 0.416 e. The van der Waals surface area contributed by atoms with Crippen LogP contribution in [0.2, 0.25) is 0 Å². The normalized spacial score (nSPS) is 11.6. The fraction of sp³-hybridized carbons (Fsp3) is 0.188. The van der Waals surface area contributed by atoms with Gasteiger partial charge in [0.1, 0.15) is 11.5 Å². The number of hydrogen-bond donors (Lipinski definition) is 0. The molecule has 0 unspecified atom stereocenters. The Morgan fingerprint density at radius 3 is 2.46 bits per heavy atom. The van der Waals surface area contributed by atoms with E-state index in [2.05, 4.69) is 10.4 Å². The third kappa shape index (κ3) is 3.61. The van der Waals surface area contributed by atoms with E-state index in [0.29, 0.717) is 34.0 Å². The summed E-state index contributed by atoms with van der Waals surface area (Å²) in [5, 5.41) is 17.8. The average Bonchev–Trinajstić information content (AvgIpc) is 2.94. The van der Waals surface area contributed by atoms with Crippen molar-refractivity contribution in [2.45, 2.75) is 19.6 Å². The highest BCUT2D eigenvalue weighted by Crippen LogP contribution is 2.30. The molecule has 146 valence electrons. The molecular formula is C16H11F4N5O3. The molecule has 28 heavy (non-hydrogen) atoms. The minimum Gasteiger partial charge on any atom is -0.258 e. The molecule has 0 aliphatic rings. The number of alkyl halides is 3. The van der Waals surface area contributed by atoms with Crippen LogP contribution in [0.3, 0.4) is 0 Å². The first-order chi connectivity index (χ1) is 13.1. The quantitative estimate of drug-likeness (QED) is 0.383. The molecule has 1 aromatic heterocycles. The molecule has 0 atom stereocenters. The summed E-state index contributed by atoms with van der Waals surface area (Å²) in [7, 11) is 0. The van der Waals surface area contributed by atoms with Gasteiger partial charge in [-0.05, 0) is 47.2 Å². The molecule has 0 radical (unpaired) electrons. The molecule has 0 fully saturated rings. The van der Waals surface area contributed by atoms with Gasteiger partial charge in [-0.3, -0.25) is 10.1 Å². The highest BCUT2D eigenvalue weighted by molar-refractivity contribution is 5.42. The van der Waals surface area contributed by atoms with Crippen molar-refractivity contribution in [3.8, 4) is 5.69 Å². The lowest BCUT2D eigenvalue weighted by molar-refractivity contribution is -0.385. The van der Waals surface area contributed by atoms with Gasteiger partial charge in [-0.25, -0.2) is 9.18 Å². The molecule has 0 aliphatic heterocycles. The fourth-order valence-corrected chi connectivity index (χ4v) is 2.57. The van der Waals surface area contributed by atoms with Crippen LogP contribution in [-0.2, 0) is 12.7 Å². The number of aryl methyl sites for hydroxylation is 1. The maximum atomic E-state index is 14.0. The van der Waals surface area contributed by atoms with Crippen molar-refractivity contribution >= 4 is 5.69 Å². The Morgan fingerprint density at radius 2 is 1.86 bits per heavy atom. The Balaban J connectivity index is 1.97. The molecule has 0 N–H and O–H groups in total. The molecular weight excluding hydrogens is 386 g/mol. The summed E-state index contributed by atoms with van der Waals surface area (Å²) in [6, 6.07) is 5.73. The molecule has 0 spiro atoms. The molecule has 8 nitrogen and oxygen atoms in total. The summed E-state index contributed by atoms with van der Waals surface area (Å²) < 4.78 is 53.7. The number of rotatable bonds is 4. The van der Waals surface area contributed by atoms with Crippen molar-refractivity contribution in [2.24, 2.45) is 0 Å². The van der Waals surface area contributed by atoms with E-state index < -0.39 is 33.9 Å². The predicted molar refractivity (Wildman–Crippen MR) is 87.5 cm³/mol. The number of halogens is 4. The number of nitro benzene ring substituents is 1. The minimum atomic E-state index is -4.72. The van der Waals surface area contributed by atoms with Gasteiger partial charge in [0.2, 0.25) is 0 Å². The second kappa shape index (κ2) is 6.87. The number of aromatic nitrogens is 4. The molecule has 3 rings (SSSR count). The van der Waals surface area contributed by atoms with Crippen LogP contribution in [-0.4, -0.2) is 24.7 Å². The Kier molecular flexibility index (Phi) is 4.71. The van der Waals surface area contributed by atoms with Gasteiger partial charge >= 0.3 is 11.9 Å². The summed E-state index contributed by atoms with van der Waals surface area (Å²) in [6.45, 7) is 1.36. The zero-order valence-corrected chi connectivity index (χ0v) is 14.1. The lowest BCUT2D eigenvalue weighted by atomic mass is 10.1. The highest BCUT2D eigenvalue weighted by Gasteiger charge is 2.31. The van der Waals surface area contributed by atoms with Crippen molar-refractivity contribution in [1.82, 2.24) is 19.8 Å². The van der Waals surface area contributed by atoms with Crippen LogP contribution in [0.5, 0.6) is 0 Å². The molecule has 0 amide bonds. The van der Waals surface area contributed by atoms with Crippen LogP contribution in [0.25, 0.3) is 5.69 Å². The number of nitrogens with zero attached hydrogens (tertiary/aromatic N) is 5. The summed E-state index contributed by atoms with van der Waals surface area (Å²) in [5.41, 5.74) is -2.07. The highest BCUT2D eigenvalue weighted by atomic mass is 19.4. The van der Waals surface area contributed by atoms with E-state index in [0.717, 1.165) is 4.68 Å². The van der Waals surface area contributed by atoms with E-state index in [1.807, 2.05) is 0 Å². The smallest absolute Gasteiger partial charge is 0.258 e. The van der Waals surface area contributed by atoms with Crippen molar-refractivity contribution in [1.29, 1.82) is 0 Å². The number of hydrogen-bond acceptors (Lipinski definition) is 5. The lowest BCUT2D eigenvalue weighted by Gasteiger charge is -2.08. The van der Waals surface area contributed by atoms with E-state index in [4.69, 9.17) is 0 Å². The van der Waals surface area contributed by atoms with Crippen LogP contribution in [0.15, 0.2) is 41.2 Å². The third-order valence-electron chi connectivity index (χ3n) is 3.93. The van der Waals surface area contributed by atoms with Gasteiger partial charge in [0.25, 0.3) is 5.69 Å². The molecule has 0 saturated heterocycles. The molecule has 0 aliphatic carbocycles. The van der Waals surface area contributed by atoms with E-state index in [9.17, 15) is 32.5 Å². The van der Waals surface area contributed by atoms with E-state index in [1.54, 1.807) is 0 Å². The second-order valence-corrected chi connectivity index (χ2v) is 5.87. The van der Waals surface area contributed by atoms with Crippen LogP contribution in [0.1, 0.15) is 16.7 Å². The van der Waals surface area contributed by atoms with Crippen LogP contribution >= 0.6 is 0 Å². The third-order valence-corrected chi connectivity index (χ3v) is 3.93. The Labute approximate surface area is 153 Å². The van der Waals surface area contributed by atoms with Crippen molar-refractivity contribution < 1.29 is 22.5 Å². The van der Waals surface area contributed by atoms with Gasteiger partial charge in [-0.15, -0.1) is 0 Å². The first kappa shape index (κ1) is 19.2. The van der Waals surface area contributed by atoms with Gasteiger partial charge in [0.15, 0.2) is 0 Å². The van der Waals surface area contributed by atoms with E-state index in [-0.39, 0.29) is 12.2 Å². The maximum absolute atomic E-state index is 14.0. The molecule has 0 bridgehead atoms. The van der Waals surface area contributed by atoms with Crippen LogP contribution < -0.4 is 5.69 Å². The molecule has 2 aromatic carbocycles. The van der Waals surface area contributed by atoms with Crippen LogP contribution in [0.4, 0.5) is 23.2 Å². The number of tetrazole rings is 1. The summed E-state index contributed by atoms with van der Waals surface area (Å²) in [6.07, 6.45) is -4.72. The van der Waals surface area contributed by atoms with Gasteiger partial charge < -0.3 is 0 Å². The second-order valence-electron chi connectivity index (χ2n) is 5.87.